The first-order valence-corrected chi connectivity index (χ1v) is 10.1. The topological polar surface area (TPSA) is 84.9 Å². The Bertz CT molecular complexity index is 900. The summed E-state index contributed by atoms with van der Waals surface area (Å²) >= 11 is 1.51. The van der Waals surface area contributed by atoms with Gasteiger partial charge in [0.05, 0.1) is 24.9 Å². The molecular weight excluding hydrogens is 392 g/mol. The van der Waals surface area contributed by atoms with Gasteiger partial charge in [0.25, 0.3) is 5.91 Å². The smallest absolute Gasteiger partial charge is 0.338 e. The second kappa shape index (κ2) is 10.5. The number of para-hydroxylation sites is 1. The normalized spacial score (nSPS) is 10.2. The van der Waals surface area contributed by atoms with Crippen LogP contribution in [0, 0.1) is 6.92 Å². The Labute approximate surface area is 174 Å². The van der Waals surface area contributed by atoms with Gasteiger partial charge in [0.2, 0.25) is 5.91 Å². The quantitative estimate of drug-likeness (QED) is 0.526. The molecule has 7 nitrogen and oxygen atoms in total. The zero-order valence-corrected chi connectivity index (χ0v) is 17.7. The van der Waals surface area contributed by atoms with Gasteiger partial charge in [-0.1, -0.05) is 18.2 Å². The van der Waals surface area contributed by atoms with E-state index < -0.39 is 18.5 Å². The first-order valence-electron chi connectivity index (χ1n) is 8.84. The summed E-state index contributed by atoms with van der Waals surface area (Å²) in [4.78, 5) is 38.7. The van der Waals surface area contributed by atoms with Gasteiger partial charge in [-0.25, -0.2) is 4.79 Å². The van der Waals surface area contributed by atoms with E-state index in [2.05, 4.69) is 5.32 Å². The summed E-state index contributed by atoms with van der Waals surface area (Å²) < 4.78 is 10.2. The number of amides is 2. The maximum absolute atomic E-state index is 12.2. The van der Waals surface area contributed by atoms with Crippen LogP contribution in [-0.4, -0.2) is 56.2 Å². The molecule has 0 bridgehead atoms. The van der Waals surface area contributed by atoms with Crippen LogP contribution in [0.4, 0.5) is 5.69 Å². The van der Waals surface area contributed by atoms with E-state index in [1.165, 1.54) is 30.8 Å². The summed E-state index contributed by atoms with van der Waals surface area (Å²) in [6, 6.07) is 12.3. The fraction of sp³-hybridized carbons (Fsp3) is 0.286. The van der Waals surface area contributed by atoms with Gasteiger partial charge in [-0.15, -0.1) is 11.8 Å². The summed E-state index contributed by atoms with van der Waals surface area (Å²) in [6.45, 7) is 1.24. The highest BCUT2D eigenvalue weighted by atomic mass is 32.2. The first kappa shape index (κ1) is 22.3. The van der Waals surface area contributed by atoms with Gasteiger partial charge in [0.15, 0.2) is 6.61 Å². The Morgan fingerprint density at radius 2 is 1.86 bits per heavy atom. The van der Waals surface area contributed by atoms with Crippen LogP contribution in [0.5, 0.6) is 5.75 Å². The van der Waals surface area contributed by atoms with Crippen LogP contribution < -0.4 is 10.1 Å². The minimum Gasteiger partial charge on any atom is -0.496 e. The number of hydrogen-bond donors (Lipinski definition) is 1. The van der Waals surface area contributed by atoms with Crippen molar-refractivity contribution in [2.45, 2.75) is 11.8 Å². The standard InChI is InChI=1S/C21H24N2O5S/c1-14-9-10-15(11-17(14)27-3)21(26)28-13-20(25)23(2)12-19(24)22-16-7-5-6-8-18(16)29-4/h5-11H,12-13H2,1-4H3,(H,22,24). The molecule has 0 heterocycles. The van der Waals surface area contributed by atoms with Crippen molar-refractivity contribution in [1.29, 1.82) is 0 Å². The highest BCUT2D eigenvalue weighted by Gasteiger charge is 2.17. The minimum absolute atomic E-state index is 0.155. The summed E-state index contributed by atoms with van der Waals surface area (Å²) in [5, 5.41) is 2.78. The van der Waals surface area contributed by atoms with Crippen molar-refractivity contribution in [1.82, 2.24) is 4.90 Å². The lowest BCUT2D eigenvalue weighted by Crippen LogP contribution is -2.37. The van der Waals surface area contributed by atoms with Gasteiger partial charge >= 0.3 is 5.97 Å². The van der Waals surface area contributed by atoms with E-state index in [4.69, 9.17) is 9.47 Å². The number of carbonyl (C=O) groups excluding carboxylic acids is 3. The number of aryl methyl sites for hydroxylation is 1. The van der Waals surface area contributed by atoms with Crippen LogP contribution in [0.2, 0.25) is 0 Å². The molecule has 2 aromatic carbocycles. The molecule has 0 aliphatic heterocycles. The third-order valence-corrected chi connectivity index (χ3v) is 4.95. The van der Waals surface area contributed by atoms with Gasteiger partial charge in [-0.2, -0.15) is 0 Å². The van der Waals surface area contributed by atoms with E-state index in [0.717, 1.165) is 10.5 Å². The molecule has 0 atom stereocenters. The van der Waals surface area contributed by atoms with Crippen LogP contribution in [0.1, 0.15) is 15.9 Å². The maximum atomic E-state index is 12.2. The number of rotatable bonds is 8. The summed E-state index contributed by atoms with van der Waals surface area (Å²) in [7, 11) is 2.99. The predicted octanol–water partition coefficient (Wildman–Crippen LogP) is 2.98. The maximum Gasteiger partial charge on any atom is 0.338 e. The molecule has 0 aromatic heterocycles. The Hall–Kier alpha value is -3.00. The van der Waals surface area contributed by atoms with E-state index >= 15 is 0 Å². The lowest BCUT2D eigenvalue weighted by atomic mass is 10.1. The molecule has 29 heavy (non-hydrogen) atoms. The number of anilines is 1. The number of esters is 1. The number of thioether (sulfide) groups is 1. The highest BCUT2D eigenvalue weighted by molar-refractivity contribution is 7.98. The van der Waals surface area contributed by atoms with E-state index in [9.17, 15) is 14.4 Å². The molecule has 1 N–H and O–H groups in total. The van der Waals surface area contributed by atoms with Crippen molar-refractivity contribution in [3.63, 3.8) is 0 Å². The number of likely N-dealkylation sites (N-methyl/N-ethyl adjacent to an activating group) is 1. The zero-order valence-electron chi connectivity index (χ0n) is 16.9. The molecule has 0 fully saturated rings. The van der Waals surface area contributed by atoms with Crippen LogP contribution in [0.15, 0.2) is 47.4 Å². The van der Waals surface area contributed by atoms with E-state index in [0.29, 0.717) is 11.4 Å². The lowest BCUT2D eigenvalue weighted by Gasteiger charge is -2.17. The van der Waals surface area contributed by atoms with Crippen molar-refractivity contribution in [2.75, 3.05) is 38.9 Å². The molecule has 2 rings (SSSR count). The van der Waals surface area contributed by atoms with E-state index in [1.54, 1.807) is 24.3 Å². The van der Waals surface area contributed by atoms with Gasteiger partial charge < -0.3 is 19.7 Å². The number of nitrogens with one attached hydrogen (secondary N) is 1. The minimum atomic E-state index is -0.636. The largest absolute Gasteiger partial charge is 0.496 e. The van der Waals surface area contributed by atoms with E-state index in [-0.39, 0.29) is 18.0 Å². The summed E-state index contributed by atoms with van der Waals surface area (Å²) in [6.07, 6.45) is 1.92. The second-order valence-corrected chi connectivity index (χ2v) is 7.11. The Morgan fingerprint density at radius 3 is 2.55 bits per heavy atom. The van der Waals surface area contributed by atoms with Crippen molar-refractivity contribution >= 4 is 35.2 Å². The first-order chi connectivity index (χ1) is 13.8. The highest BCUT2D eigenvalue weighted by Crippen LogP contribution is 2.24. The molecule has 0 saturated carbocycles. The lowest BCUT2D eigenvalue weighted by molar-refractivity contribution is -0.136. The van der Waals surface area contributed by atoms with Gasteiger partial charge in [-0.3, -0.25) is 9.59 Å². The van der Waals surface area contributed by atoms with Crippen molar-refractivity contribution < 1.29 is 23.9 Å². The molecule has 8 heteroatoms. The molecule has 0 radical (unpaired) electrons. The van der Waals surface area contributed by atoms with Gasteiger partial charge in [0, 0.05) is 11.9 Å². The third kappa shape index (κ3) is 6.25. The number of ether oxygens (including phenoxy) is 2. The number of hydrogen-bond acceptors (Lipinski definition) is 6. The molecule has 154 valence electrons. The predicted molar refractivity (Wildman–Crippen MR) is 113 cm³/mol. The fourth-order valence-electron chi connectivity index (χ4n) is 2.51. The second-order valence-electron chi connectivity index (χ2n) is 6.26. The number of nitrogens with zero attached hydrogens (tertiary/aromatic N) is 1. The van der Waals surface area contributed by atoms with Crippen molar-refractivity contribution in [2.24, 2.45) is 0 Å². The van der Waals surface area contributed by atoms with E-state index in [1.807, 2.05) is 31.4 Å². The Balaban J connectivity index is 1.87. The average molecular weight is 416 g/mol. The van der Waals surface area contributed by atoms with Crippen LogP contribution in [-0.2, 0) is 14.3 Å². The Kier molecular flexibility index (Phi) is 8.09. The average Bonchev–Trinajstić information content (AvgIpc) is 2.72. The molecule has 2 amide bonds. The van der Waals surface area contributed by atoms with Crippen LogP contribution >= 0.6 is 11.8 Å². The molecular formula is C21H24N2O5S. The monoisotopic (exact) mass is 416 g/mol. The van der Waals surface area contributed by atoms with Gasteiger partial charge in [-0.05, 0) is 43.0 Å². The SMILES string of the molecule is COc1cc(C(=O)OCC(=O)N(C)CC(=O)Nc2ccccc2SC)ccc1C. The van der Waals surface area contributed by atoms with Crippen molar-refractivity contribution in [3.8, 4) is 5.75 Å². The fourth-order valence-corrected chi connectivity index (χ4v) is 3.06. The number of benzene rings is 2. The zero-order chi connectivity index (χ0) is 21.4. The summed E-state index contributed by atoms with van der Waals surface area (Å²) in [5.41, 5.74) is 1.86. The van der Waals surface area contributed by atoms with Crippen LogP contribution in [0.3, 0.4) is 0 Å². The Morgan fingerprint density at radius 1 is 1.14 bits per heavy atom. The van der Waals surface area contributed by atoms with Crippen LogP contribution in [0.25, 0.3) is 0 Å². The third-order valence-electron chi connectivity index (χ3n) is 4.16. The molecule has 0 aliphatic carbocycles. The summed E-state index contributed by atoms with van der Waals surface area (Å²) in [5.74, 6) is -0.892. The van der Waals surface area contributed by atoms with Crippen molar-refractivity contribution in [3.05, 3.63) is 53.6 Å². The molecule has 0 unspecified atom stereocenters. The molecule has 0 spiro atoms. The molecule has 0 aliphatic rings. The molecule has 2 aromatic rings. The van der Waals surface area contributed by atoms with Gasteiger partial charge in [0.1, 0.15) is 5.75 Å². The molecule has 0 saturated heterocycles. The number of methoxy groups -OCH3 is 1. The number of carbonyl (C=O) groups is 3.